The predicted molar refractivity (Wildman–Crippen MR) is 98.7 cm³/mol. The highest BCUT2D eigenvalue weighted by Gasteiger charge is 2.28. The van der Waals surface area contributed by atoms with Gasteiger partial charge in [0.15, 0.2) is 17.8 Å². The molecule has 2 aromatic rings. The number of amides is 1. The molecule has 1 saturated heterocycles. The summed E-state index contributed by atoms with van der Waals surface area (Å²) in [6.45, 7) is 2.01. The van der Waals surface area contributed by atoms with Crippen LogP contribution in [0.4, 0.5) is 10.1 Å². The lowest BCUT2D eigenvalue weighted by molar-refractivity contribution is 0.0889. The van der Waals surface area contributed by atoms with E-state index >= 15 is 0 Å². The Labute approximate surface area is 162 Å². The van der Waals surface area contributed by atoms with Gasteiger partial charge in [0.05, 0.1) is 5.69 Å². The van der Waals surface area contributed by atoms with Gasteiger partial charge in [0.2, 0.25) is 0 Å². The zero-order chi connectivity index (χ0) is 16.5. The van der Waals surface area contributed by atoms with Crippen LogP contribution >= 0.6 is 24.8 Å². The molecule has 2 aliphatic rings. The lowest BCUT2D eigenvalue weighted by atomic mass is 9.99. The Kier molecular flexibility index (Phi) is 7.00. The lowest BCUT2D eigenvalue weighted by Crippen LogP contribution is -2.25. The molecule has 6 nitrogen and oxygen atoms in total. The summed E-state index contributed by atoms with van der Waals surface area (Å²) in [7, 11) is 0. The van der Waals surface area contributed by atoms with E-state index in [-0.39, 0.29) is 48.1 Å². The molecule has 2 aliphatic heterocycles. The van der Waals surface area contributed by atoms with E-state index in [1.807, 2.05) is 6.07 Å². The van der Waals surface area contributed by atoms with Gasteiger partial charge in [-0.25, -0.2) is 9.37 Å². The summed E-state index contributed by atoms with van der Waals surface area (Å²) in [6, 6.07) is 3.43. The van der Waals surface area contributed by atoms with E-state index < -0.39 is 5.91 Å². The van der Waals surface area contributed by atoms with E-state index in [1.54, 1.807) is 6.07 Å². The number of hydrogen-bond acceptors (Lipinski definition) is 5. The summed E-state index contributed by atoms with van der Waals surface area (Å²) < 4.78 is 25.5. The van der Waals surface area contributed by atoms with Gasteiger partial charge in [-0.1, -0.05) is 6.07 Å². The summed E-state index contributed by atoms with van der Waals surface area (Å²) in [4.78, 5) is 16.5. The fraction of sp³-hybridized carbons (Fsp3) is 0.412. The van der Waals surface area contributed by atoms with E-state index in [2.05, 4.69) is 15.6 Å². The van der Waals surface area contributed by atoms with Gasteiger partial charge < -0.3 is 19.8 Å². The third-order valence-corrected chi connectivity index (χ3v) is 4.49. The molecule has 1 unspecified atom stereocenters. The van der Waals surface area contributed by atoms with Crippen LogP contribution in [0, 0.1) is 5.82 Å². The summed E-state index contributed by atoms with van der Waals surface area (Å²) in [5, 5.41) is 5.81. The molecule has 0 aliphatic carbocycles. The molecule has 1 aromatic heterocycles. The summed E-state index contributed by atoms with van der Waals surface area (Å²) in [5.41, 5.74) is 1.91. The van der Waals surface area contributed by atoms with Crippen molar-refractivity contribution in [2.24, 2.45) is 0 Å². The van der Waals surface area contributed by atoms with Crippen molar-refractivity contribution in [2.75, 3.05) is 18.5 Å². The normalized spacial score (nSPS) is 18.4. The Bertz CT molecular complexity index is 779. The molecule has 142 valence electrons. The second kappa shape index (κ2) is 8.81. The van der Waals surface area contributed by atoms with Crippen LogP contribution in [0.15, 0.2) is 22.9 Å². The first-order valence-corrected chi connectivity index (χ1v) is 8.11. The van der Waals surface area contributed by atoms with E-state index in [1.165, 1.54) is 6.39 Å². The Morgan fingerprint density at radius 2 is 2.19 bits per heavy atom. The van der Waals surface area contributed by atoms with Gasteiger partial charge in [-0.2, -0.15) is 0 Å². The van der Waals surface area contributed by atoms with Crippen molar-refractivity contribution < 1.29 is 18.3 Å². The van der Waals surface area contributed by atoms with Crippen molar-refractivity contribution in [3.05, 3.63) is 46.9 Å². The number of carbonyl (C=O) groups excluding carboxylic acids is 1. The quantitative estimate of drug-likeness (QED) is 0.820. The molecule has 0 saturated carbocycles. The summed E-state index contributed by atoms with van der Waals surface area (Å²) >= 11 is 0. The van der Waals surface area contributed by atoms with E-state index in [0.29, 0.717) is 30.9 Å². The molecular formula is C17H20Cl2FN3O3. The fourth-order valence-electron chi connectivity index (χ4n) is 3.25. The van der Waals surface area contributed by atoms with E-state index in [0.717, 1.165) is 24.9 Å². The zero-order valence-electron chi connectivity index (χ0n) is 13.9. The number of rotatable bonds is 3. The molecular weight excluding hydrogens is 384 g/mol. The van der Waals surface area contributed by atoms with Crippen LogP contribution in [0.1, 0.15) is 46.3 Å². The number of fused-ring (bicyclic) bond motifs is 1. The number of benzene rings is 1. The van der Waals surface area contributed by atoms with E-state index in [9.17, 15) is 9.18 Å². The highest BCUT2D eigenvalue weighted by atomic mass is 35.5. The summed E-state index contributed by atoms with van der Waals surface area (Å²) in [5.74, 6) is -0.445. The molecule has 1 amide bonds. The minimum atomic E-state index is -0.484. The minimum absolute atomic E-state index is 0. The SMILES string of the molecule is Cl.Cl.O=C(Nc1ccc2c(c1F)CCNC2)c1ncoc1C1CCCO1. The third kappa shape index (κ3) is 3.86. The lowest BCUT2D eigenvalue weighted by Gasteiger charge is -2.19. The number of aromatic nitrogens is 1. The monoisotopic (exact) mass is 403 g/mol. The number of hydrogen-bond donors (Lipinski definition) is 2. The topological polar surface area (TPSA) is 76.4 Å². The largest absolute Gasteiger partial charge is 0.445 e. The zero-order valence-corrected chi connectivity index (χ0v) is 15.6. The first-order chi connectivity index (χ1) is 11.7. The maximum atomic E-state index is 14.6. The van der Waals surface area contributed by atoms with Crippen LogP contribution in [0.25, 0.3) is 0 Å². The minimum Gasteiger partial charge on any atom is -0.445 e. The molecule has 1 atom stereocenters. The third-order valence-electron chi connectivity index (χ3n) is 4.49. The van der Waals surface area contributed by atoms with Crippen LogP contribution in [-0.2, 0) is 17.7 Å². The molecule has 26 heavy (non-hydrogen) atoms. The summed E-state index contributed by atoms with van der Waals surface area (Å²) in [6.07, 6.45) is 3.28. The average Bonchev–Trinajstić information content (AvgIpc) is 3.28. The van der Waals surface area contributed by atoms with Crippen molar-refractivity contribution in [3.8, 4) is 0 Å². The first-order valence-electron chi connectivity index (χ1n) is 8.11. The fourth-order valence-corrected chi connectivity index (χ4v) is 3.25. The Morgan fingerprint density at radius 3 is 2.96 bits per heavy atom. The van der Waals surface area contributed by atoms with Crippen molar-refractivity contribution in [3.63, 3.8) is 0 Å². The average molecular weight is 404 g/mol. The van der Waals surface area contributed by atoms with Gasteiger partial charge in [0.25, 0.3) is 5.91 Å². The number of ether oxygens (including phenoxy) is 1. The molecule has 0 radical (unpaired) electrons. The molecule has 0 spiro atoms. The van der Waals surface area contributed by atoms with Gasteiger partial charge in [0, 0.05) is 13.2 Å². The van der Waals surface area contributed by atoms with Crippen molar-refractivity contribution in [1.29, 1.82) is 0 Å². The van der Waals surface area contributed by atoms with Crippen molar-refractivity contribution >= 4 is 36.4 Å². The maximum absolute atomic E-state index is 14.6. The van der Waals surface area contributed by atoms with Gasteiger partial charge in [-0.05, 0) is 43.0 Å². The van der Waals surface area contributed by atoms with Crippen LogP contribution in [-0.4, -0.2) is 24.0 Å². The number of nitrogens with one attached hydrogen (secondary N) is 2. The Morgan fingerprint density at radius 1 is 1.35 bits per heavy atom. The van der Waals surface area contributed by atoms with Gasteiger partial charge in [0.1, 0.15) is 11.9 Å². The number of nitrogens with zero attached hydrogens (tertiary/aromatic N) is 1. The van der Waals surface area contributed by atoms with Gasteiger partial charge in [-0.3, -0.25) is 4.79 Å². The smallest absolute Gasteiger partial charge is 0.278 e. The first kappa shape index (κ1) is 20.6. The molecule has 0 bridgehead atoms. The van der Waals surface area contributed by atoms with Gasteiger partial charge in [-0.15, -0.1) is 24.8 Å². The standard InChI is InChI=1S/C17H18FN3O3.2ClH/c18-14-11-5-6-19-8-10(11)3-4-12(14)21-17(22)15-16(24-9-20-15)13-2-1-7-23-13;;/h3-4,9,13,19H,1-2,5-8H2,(H,21,22);2*1H. The highest BCUT2D eigenvalue weighted by molar-refractivity contribution is 6.03. The van der Waals surface area contributed by atoms with Crippen LogP contribution in [0.2, 0.25) is 0 Å². The van der Waals surface area contributed by atoms with Gasteiger partial charge >= 0.3 is 0 Å². The second-order valence-electron chi connectivity index (χ2n) is 6.01. The number of carbonyl (C=O) groups is 1. The van der Waals surface area contributed by atoms with Crippen molar-refractivity contribution in [2.45, 2.75) is 31.9 Å². The molecule has 9 heteroatoms. The molecule has 2 N–H and O–H groups in total. The molecule has 3 heterocycles. The maximum Gasteiger partial charge on any atom is 0.278 e. The Balaban J connectivity index is 0.00000121. The predicted octanol–water partition coefficient (Wildman–Crippen LogP) is 3.41. The van der Waals surface area contributed by atoms with Crippen LogP contribution in [0.5, 0.6) is 0 Å². The molecule has 4 rings (SSSR count). The van der Waals surface area contributed by atoms with Crippen LogP contribution < -0.4 is 10.6 Å². The van der Waals surface area contributed by atoms with Crippen LogP contribution in [0.3, 0.4) is 0 Å². The van der Waals surface area contributed by atoms with E-state index in [4.69, 9.17) is 9.15 Å². The number of oxazole rings is 1. The number of anilines is 1. The number of halogens is 3. The molecule has 1 aromatic carbocycles. The van der Waals surface area contributed by atoms with Crippen molar-refractivity contribution in [1.82, 2.24) is 10.3 Å². The Hall–Kier alpha value is -1.67. The molecule has 1 fully saturated rings. The highest BCUT2D eigenvalue weighted by Crippen LogP contribution is 2.31. The second-order valence-corrected chi connectivity index (χ2v) is 6.01.